The number of primary amides is 1. The number of amides is 1. The molecule has 0 aliphatic carbocycles. The Bertz CT molecular complexity index is 517. The second-order valence-electron chi connectivity index (χ2n) is 6.18. The number of benzene rings is 1. The van der Waals surface area contributed by atoms with Gasteiger partial charge in [0.2, 0.25) is 0 Å². The molecule has 0 aromatic heterocycles. The number of nitrogens with zero attached hydrogens (tertiary/aromatic N) is 2. The van der Waals surface area contributed by atoms with E-state index in [1.165, 1.54) is 0 Å². The first-order valence-electron chi connectivity index (χ1n) is 7.16. The highest BCUT2D eigenvalue weighted by Crippen LogP contribution is 2.28. The van der Waals surface area contributed by atoms with Gasteiger partial charge in [-0.2, -0.15) is 0 Å². The van der Waals surface area contributed by atoms with Gasteiger partial charge in [0.05, 0.1) is 22.5 Å². The predicted molar refractivity (Wildman–Crippen MR) is 84.3 cm³/mol. The van der Waals surface area contributed by atoms with Crippen LogP contribution in [0, 0.1) is 0 Å². The molecule has 1 aromatic carbocycles. The van der Waals surface area contributed by atoms with Crippen LogP contribution < -0.4 is 16.4 Å². The molecule has 0 spiro atoms. The van der Waals surface area contributed by atoms with Crippen molar-refractivity contribution in [1.82, 2.24) is 4.90 Å². The minimum atomic E-state index is -0.702. The van der Waals surface area contributed by atoms with E-state index < -0.39 is 11.5 Å². The van der Waals surface area contributed by atoms with Crippen molar-refractivity contribution in [1.29, 1.82) is 0 Å². The summed E-state index contributed by atoms with van der Waals surface area (Å²) in [6, 6.07) is 5.23. The van der Waals surface area contributed by atoms with Crippen LogP contribution in [0.1, 0.15) is 24.2 Å². The number of anilines is 2. The minimum Gasteiger partial charge on any atom is -0.397 e. The van der Waals surface area contributed by atoms with Crippen LogP contribution in [-0.2, 0) is 0 Å². The van der Waals surface area contributed by atoms with Crippen LogP contribution in [0.5, 0.6) is 0 Å². The lowest BCUT2D eigenvalue weighted by Crippen LogP contribution is -2.51. The van der Waals surface area contributed by atoms with Crippen molar-refractivity contribution >= 4 is 17.3 Å². The zero-order valence-electron chi connectivity index (χ0n) is 12.7. The maximum atomic E-state index is 11.6. The van der Waals surface area contributed by atoms with E-state index in [1.54, 1.807) is 32.0 Å². The number of hydrogen-bond donors (Lipinski definition) is 3. The molecule has 6 nitrogen and oxygen atoms in total. The van der Waals surface area contributed by atoms with E-state index in [2.05, 4.69) is 9.80 Å². The molecule has 0 atom stereocenters. The molecule has 0 unspecified atom stereocenters. The van der Waals surface area contributed by atoms with Gasteiger partial charge < -0.3 is 21.5 Å². The van der Waals surface area contributed by atoms with Gasteiger partial charge in [-0.05, 0) is 26.0 Å². The molecule has 1 aliphatic heterocycles. The van der Waals surface area contributed by atoms with Crippen molar-refractivity contribution in [3.05, 3.63) is 23.8 Å². The van der Waals surface area contributed by atoms with E-state index in [0.717, 1.165) is 31.9 Å². The summed E-state index contributed by atoms with van der Waals surface area (Å²) >= 11 is 0. The lowest BCUT2D eigenvalue weighted by molar-refractivity contribution is 0.0345. The number of nitrogen functional groups attached to an aromatic ring is 1. The highest BCUT2D eigenvalue weighted by atomic mass is 16.3. The van der Waals surface area contributed by atoms with Crippen LogP contribution >= 0.6 is 0 Å². The quantitative estimate of drug-likeness (QED) is 0.692. The summed E-state index contributed by atoms with van der Waals surface area (Å²) in [5.74, 6) is -0.462. The number of carbonyl (C=O) groups is 1. The molecule has 0 saturated carbocycles. The Kier molecular flexibility index (Phi) is 4.39. The third kappa shape index (κ3) is 3.86. The van der Waals surface area contributed by atoms with E-state index in [1.807, 2.05) is 0 Å². The lowest BCUT2D eigenvalue weighted by atomic mass is 10.1. The fraction of sp³-hybridized carbons (Fsp3) is 0.533. The molecule has 6 heteroatoms. The molecule has 1 amide bonds. The molecule has 1 heterocycles. The zero-order chi connectivity index (χ0) is 15.6. The summed E-state index contributed by atoms with van der Waals surface area (Å²) < 4.78 is 0. The molecule has 21 heavy (non-hydrogen) atoms. The number of para-hydroxylation sites is 1. The Labute approximate surface area is 125 Å². The molecule has 0 bridgehead atoms. The van der Waals surface area contributed by atoms with Crippen LogP contribution in [-0.4, -0.2) is 54.2 Å². The number of carbonyl (C=O) groups excluding carboxylic acids is 1. The number of β-amino-alcohol motifs (C(OH)–C–C–N with tert-alkyl or cyclic N) is 1. The molecular formula is C15H24N4O2. The Hall–Kier alpha value is -1.79. The second kappa shape index (κ2) is 5.91. The standard InChI is InChI=1S/C15H24N4O2/c1-15(2,21)10-18-6-8-19(9-7-18)13-11(14(17)20)4-3-5-12(13)16/h3-5,21H,6-10,16H2,1-2H3,(H2,17,20). The van der Waals surface area contributed by atoms with Crippen LogP contribution in [0.15, 0.2) is 18.2 Å². The molecule has 0 radical (unpaired) electrons. The topological polar surface area (TPSA) is 95.8 Å². The maximum Gasteiger partial charge on any atom is 0.250 e. The second-order valence-corrected chi connectivity index (χ2v) is 6.18. The number of aliphatic hydroxyl groups is 1. The first kappa shape index (κ1) is 15.6. The van der Waals surface area contributed by atoms with Gasteiger partial charge in [0.1, 0.15) is 0 Å². The first-order chi connectivity index (χ1) is 9.78. The first-order valence-corrected chi connectivity index (χ1v) is 7.16. The monoisotopic (exact) mass is 292 g/mol. The molecule has 5 N–H and O–H groups in total. The smallest absolute Gasteiger partial charge is 0.250 e. The fourth-order valence-corrected chi connectivity index (χ4v) is 2.79. The number of nitrogens with two attached hydrogens (primary N) is 2. The van der Waals surface area contributed by atoms with Crippen molar-refractivity contribution in [2.75, 3.05) is 43.4 Å². The summed E-state index contributed by atoms with van der Waals surface area (Å²) in [4.78, 5) is 15.9. The fourth-order valence-electron chi connectivity index (χ4n) is 2.79. The Morgan fingerprint density at radius 1 is 1.29 bits per heavy atom. The Morgan fingerprint density at radius 2 is 1.90 bits per heavy atom. The third-order valence-corrected chi connectivity index (χ3v) is 3.63. The largest absolute Gasteiger partial charge is 0.397 e. The SMILES string of the molecule is CC(C)(O)CN1CCN(c2c(N)cccc2C(N)=O)CC1. The number of piperazine rings is 1. The molecule has 1 aromatic rings. The van der Waals surface area contributed by atoms with Gasteiger partial charge in [0.15, 0.2) is 0 Å². The van der Waals surface area contributed by atoms with Crippen LogP contribution in [0.3, 0.4) is 0 Å². The molecule has 1 fully saturated rings. The highest BCUT2D eigenvalue weighted by Gasteiger charge is 2.25. The molecular weight excluding hydrogens is 268 g/mol. The number of hydrogen-bond acceptors (Lipinski definition) is 5. The Balaban J connectivity index is 2.11. The van der Waals surface area contributed by atoms with Gasteiger partial charge in [0.25, 0.3) is 5.91 Å². The summed E-state index contributed by atoms with van der Waals surface area (Å²) in [5.41, 5.74) is 12.5. The van der Waals surface area contributed by atoms with Gasteiger partial charge in [-0.3, -0.25) is 9.69 Å². The predicted octanol–water partition coefficient (Wildman–Crippen LogP) is 0.261. The van der Waals surface area contributed by atoms with Gasteiger partial charge in [-0.1, -0.05) is 6.07 Å². The van der Waals surface area contributed by atoms with Crippen molar-refractivity contribution in [3.8, 4) is 0 Å². The summed E-state index contributed by atoms with van der Waals surface area (Å²) in [6.45, 7) is 7.38. The summed E-state index contributed by atoms with van der Waals surface area (Å²) in [5, 5.41) is 9.88. The normalized spacial score (nSPS) is 17.0. The Morgan fingerprint density at radius 3 is 2.43 bits per heavy atom. The van der Waals surface area contributed by atoms with Crippen molar-refractivity contribution in [2.24, 2.45) is 5.73 Å². The average molecular weight is 292 g/mol. The van der Waals surface area contributed by atoms with Gasteiger partial charge in [-0.15, -0.1) is 0 Å². The van der Waals surface area contributed by atoms with E-state index in [4.69, 9.17) is 11.5 Å². The number of rotatable bonds is 4. The van der Waals surface area contributed by atoms with Crippen LogP contribution in [0.25, 0.3) is 0 Å². The highest BCUT2D eigenvalue weighted by molar-refractivity contribution is 6.01. The minimum absolute atomic E-state index is 0.462. The molecule has 116 valence electrons. The van der Waals surface area contributed by atoms with Crippen LogP contribution in [0.2, 0.25) is 0 Å². The third-order valence-electron chi connectivity index (χ3n) is 3.63. The molecule has 1 saturated heterocycles. The average Bonchev–Trinajstić information content (AvgIpc) is 2.37. The lowest BCUT2D eigenvalue weighted by Gasteiger charge is -2.39. The molecule has 1 aliphatic rings. The van der Waals surface area contributed by atoms with E-state index in [9.17, 15) is 9.90 Å². The van der Waals surface area contributed by atoms with Gasteiger partial charge in [0, 0.05) is 32.7 Å². The van der Waals surface area contributed by atoms with Crippen molar-refractivity contribution in [2.45, 2.75) is 19.4 Å². The van der Waals surface area contributed by atoms with Gasteiger partial charge in [-0.25, -0.2) is 0 Å². The molecule has 2 rings (SSSR count). The van der Waals surface area contributed by atoms with E-state index >= 15 is 0 Å². The van der Waals surface area contributed by atoms with E-state index in [-0.39, 0.29) is 0 Å². The van der Waals surface area contributed by atoms with Crippen molar-refractivity contribution in [3.63, 3.8) is 0 Å². The van der Waals surface area contributed by atoms with E-state index in [0.29, 0.717) is 17.8 Å². The summed E-state index contributed by atoms with van der Waals surface area (Å²) in [7, 11) is 0. The van der Waals surface area contributed by atoms with Crippen LogP contribution in [0.4, 0.5) is 11.4 Å². The zero-order valence-corrected chi connectivity index (χ0v) is 12.7. The van der Waals surface area contributed by atoms with Crippen molar-refractivity contribution < 1.29 is 9.90 Å². The van der Waals surface area contributed by atoms with Gasteiger partial charge >= 0.3 is 0 Å². The maximum absolute atomic E-state index is 11.6. The summed E-state index contributed by atoms with van der Waals surface area (Å²) in [6.07, 6.45) is 0.